The smallest absolute Gasteiger partial charge is 0.323 e. The molecule has 1 N–H and O–H groups in total. The van der Waals surface area contributed by atoms with E-state index < -0.39 is 23.0 Å². The van der Waals surface area contributed by atoms with Crippen molar-refractivity contribution in [2.45, 2.75) is 71.8 Å². The summed E-state index contributed by atoms with van der Waals surface area (Å²) in [6.07, 6.45) is 6.45. The van der Waals surface area contributed by atoms with Crippen molar-refractivity contribution in [2.75, 3.05) is 0 Å². The zero-order valence-corrected chi connectivity index (χ0v) is 13.6. The molecule has 0 aromatic carbocycles. The van der Waals surface area contributed by atoms with Crippen LogP contribution in [0.5, 0.6) is 0 Å². The predicted molar refractivity (Wildman–Crippen MR) is 79.8 cm³/mol. The summed E-state index contributed by atoms with van der Waals surface area (Å²) >= 11 is 0. The molecule has 2 aliphatic rings. The van der Waals surface area contributed by atoms with Crippen LogP contribution in [0, 0.1) is 23.2 Å². The van der Waals surface area contributed by atoms with E-state index in [0.717, 1.165) is 25.2 Å². The number of fused-ring (bicyclic) bond motifs is 2. The first kappa shape index (κ1) is 16.3. The van der Waals surface area contributed by atoms with Gasteiger partial charge in [0.2, 0.25) is 0 Å². The van der Waals surface area contributed by atoms with Gasteiger partial charge >= 0.3 is 11.9 Å². The number of carbonyl (C=O) groups is 2. The Morgan fingerprint density at radius 2 is 1.76 bits per heavy atom. The van der Waals surface area contributed by atoms with E-state index >= 15 is 0 Å². The Kier molecular flexibility index (Phi) is 4.36. The molecule has 2 aliphatic carbocycles. The highest BCUT2D eigenvalue weighted by molar-refractivity contribution is 5.98. The van der Waals surface area contributed by atoms with Crippen LogP contribution in [-0.4, -0.2) is 22.6 Å². The molecule has 3 atom stereocenters. The molecule has 0 spiro atoms. The van der Waals surface area contributed by atoms with Crippen LogP contribution < -0.4 is 0 Å². The number of esters is 1. The number of hydrogen-bond acceptors (Lipinski definition) is 3. The monoisotopic (exact) mass is 296 g/mol. The highest BCUT2D eigenvalue weighted by Gasteiger charge is 2.52. The van der Waals surface area contributed by atoms with Crippen LogP contribution in [0.2, 0.25) is 0 Å². The fraction of sp³-hybridized carbons (Fsp3) is 0.882. The van der Waals surface area contributed by atoms with Gasteiger partial charge in [0.25, 0.3) is 0 Å². The third-order valence-corrected chi connectivity index (χ3v) is 5.95. The summed E-state index contributed by atoms with van der Waals surface area (Å²) in [5.41, 5.74) is -1.96. The molecular formula is C17H28O4. The first-order valence-corrected chi connectivity index (χ1v) is 8.23. The van der Waals surface area contributed by atoms with Crippen molar-refractivity contribution in [1.82, 2.24) is 0 Å². The SMILES string of the molecule is CCC(CC)(OC(=O)C(C)(C)C(=O)O)C1CC2CCC1C2. The molecule has 2 fully saturated rings. The van der Waals surface area contributed by atoms with E-state index in [1.54, 1.807) is 0 Å². The van der Waals surface area contributed by atoms with Crippen molar-refractivity contribution < 1.29 is 19.4 Å². The number of aliphatic carboxylic acids is 1. The van der Waals surface area contributed by atoms with Crippen molar-refractivity contribution >= 4 is 11.9 Å². The number of hydrogen-bond donors (Lipinski definition) is 1. The van der Waals surface area contributed by atoms with Gasteiger partial charge in [-0.1, -0.05) is 20.3 Å². The van der Waals surface area contributed by atoms with Gasteiger partial charge in [0.05, 0.1) is 0 Å². The van der Waals surface area contributed by atoms with Crippen molar-refractivity contribution in [3.63, 3.8) is 0 Å². The fourth-order valence-electron chi connectivity index (χ4n) is 4.28. The van der Waals surface area contributed by atoms with E-state index in [-0.39, 0.29) is 0 Å². The second kappa shape index (κ2) is 5.62. The molecule has 0 aromatic heterocycles. The summed E-state index contributed by atoms with van der Waals surface area (Å²) in [5.74, 6) is 0.113. The van der Waals surface area contributed by atoms with E-state index in [2.05, 4.69) is 13.8 Å². The van der Waals surface area contributed by atoms with E-state index in [0.29, 0.717) is 11.8 Å². The highest BCUT2D eigenvalue weighted by Crippen LogP contribution is 2.55. The maximum Gasteiger partial charge on any atom is 0.323 e. The van der Waals surface area contributed by atoms with E-state index in [1.807, 2.05) is 0 Å². The number of rotatable bonds is 6. The van der Waals surface area contributed by atoms with Crippen molar-refractivity contribution in [3.8, 4) is 0 Å². The van der Waals surface area contributed by atoms with Crippen LogP contribution in [0.25, 0.3) is 0 Å². The summed E-state index contributed by atoms with van der Waals surface area (Å²) in [6.45, 7) is 6.95. The van der Waals surface area contributed by atoms with Gasteiger partial charge < -0.3 is 9.84 Å². The van der Waals surface area contributed by atoms with Crippen LogP contribution in [0.3, 0.4) is 0 Å². The predicted octanol–water partition coefficient (Wildman–Crippen LogP) is 3.64. The molecule has 0 heterocycles. The summed E-state index contributed by atoms with van der Waals surface area (Å²) in [5, 5.41) is 9.22. The fourth-order valence-corrected chi connectivity index (χ4v) is 4.28. The largest absolute Gasteiger partial charge is 0.480 e. The van der Waals surface area contributed by atoms with Gasteiger partial charge in [-0.3, -0.25) is 9.59 Å². The molecule has 0 aromatic rings. The topological polar surface area (TPSA) is 63.6 Å². The Bertz CT molecular complexity index is 423. The van der Waals surface area contributed by atoms with E-state index in [9.17, 15) is 14.7 Å². The lowest BCUT2D eigenvalue weighted by Crippen LogP contribution is -2.48. The van der Waals surface area contributed by atoms with E-state index in [4.69, 9.17) is 4.74 Å². The molecule has 120 valence electrons. The van der Waals surface area contributed by atoms with Crippen molar-refractivity contribution in [1.29, 1.82) is 0 Å². The van der Waals surface area contributed by atoms with Crippen LogP contribution >= 0.6 is 0 Å². The molecular weight excluding hydrogens is 268 g/mol. The number of carboxylic acids is 1. The lowest BCUT2D eigenvalue weighted by molar-refractivity contribution is -0.186. The minimum Gasteiger partial charge on any atom is -0.480 e. The molecule has 3 unspecified atom stereocenters. The van der Waals surface area contributed by atoms with Crippen molar-refractivity contribution in [3.05, 3.63) is 0 Å². The van der Waals surface area contributed by atoms with Gasteiger partial charge in [0.1, 0.15) is 5.60 Å². The van der Waals surface area contributed by atoms with Crippen LogP contribution in [-0.2, 0) is 14.3 Å². The molecule has 21 heavy (non-hydrogen) atoms. The number of ether oxygens (including phenoxy) is 1. The lowest BCUT2D eigenvalue weighted by atomic mass is 9.73. The molecule has 2 saturated carbocycles. The first-order valence-electron chi connectivity index (χ1n) is 8.23. The third kappa shape index (κ3) is 2.69. The maximum atomic E-state index is 12.4. The van der Waals surface area contributed by atoms with Crippen molar-refractivity contribution in [2.24, 2.45) is 23.2 Å². The maximum absolute atomic E-state index is 12.4. The average molecular weight is 296 g/mol. The van der Waals surface area contributed by atoms with E-state index in [1.165, 1.54) is 33.1 Å². The second-order valence-electron chi connectivity index (χ2n) is 7.37. The molecule has 2 rings (SSSR count). The normalized spacial score (nSPS) is 28.7. The van der Waals surface area contributed by atoms with Gasteiger partial charge in [0.15, 0.2) is 5.41 Å². The lowest BCUT2D eigenvalue weighted by Gasteiger charge is -2.42. The number of carbonyl (C=O) groups excluding carboxylic acids is 1. The Morgan fingerprint density at radius 3 is 2.14 bits per heavy atom. The summed E-state index contributed by atoms with van der Waals surface area (Å²) in [4.78, 5) is 23.7. The zero-order chi connectivity index (χ0) is 15.8. The Balaban J connectivity index is 2.19. The molecule has 0 radical (unpaired) electrons. The molecule has 2 bridgehead atoms. The summed E-state index contributed by atoms with van der Waals surface area (Å²) in [6, 6.07) is 0. The molecule has 0 saturated heterocycles. The van der Waals surface area contributed by atoms with Gasteiger partial charge in [-0.25, -0.2) is 0 Å². The van der Waals surface area contributed by atoms with Gasteiger partial charge in [-0.2, -0.15) is 0 Å². The summed E-state index contributed by atoms with van der Waals surface area (Å²) in [7, 11) is 0. The first-order chi connectivity index (χ1) is 9.76. The van der Waals surface area contributed by atoms with Crippen LogP contribution in [0.4, 0.5) is 0 Å². The van der Waals surface area contributed by atoms with Crippen LogP contribution in [0.1, 0.15) is 66.2 Å². The Morgan fingerprint density at radius 1 is 1.14 bits per heavy atom. The Labute approximate surface area is 127 Å². The third-order valence-electron chi connectivity index (χ3n) is 5.95. The minimum atomic E-state index is -1.48. The quantitative estimate of drug-likeness (QED) is 0.600. The molecule has 0 amide bonds. The Hall–Kier alpha value is -1.06. The van der Waals surface area contributed by atoms with Gasteiger partial charge in [-0.05, 0) is 57.8 Å². The van der Waals surface area contributed by atoms with Crippen LogP contribution in [0.15, 0.2) is 0 Å². The minimum absolute atomic E-state index is 0.403. The average Bonchev–Trinajstić information content (AvgIpc) is 3.07. The van der Waals surface area contributed by atoms with Gasteiger partial charge in [0, 0.05) is 5.92 Å². The molecule has 4 nitrogen and oxygen atoms in total. The molecule has 0 aliphatic heterocycles. The van der Waals surface area contributed by atoms with Gasteiger partial charge in [-0.15, -0.1) is 0 Å². The molecule has 4 heteroatoms. The number of carboxylic acid groups (broad SMARTS) is 1. The summed E-state index contributed by atoms with van der Waals surface area (Å²) < 4.78 is 5.88. The highest BCUT2D eigenvalue weighted by atomic mass is 16.6. The zero-order valence-electron chi connectivity index (χ0n) is 13.6. The second-order valence-corrected chi connectivity index (χ2v) is 7.37. The standard InChI is InChI=1S/C17H28O4/c1-5-17(6-2,13-10-11-7-8-12(13)9-11)21-15(20)16(3,4)14(18)19/h11-13H,5-10H2,1-4H3,(H,18,19).